The molecule has 3 nitrogen and oxygen atoms in total. The van der Waals surface area contributed by atoms with E-state index in [1.54, 1.807) is 0 Å². The molecule has 0 bridgehead atoms. The van der Waals surface area contributed by atoms with Crippen molar-refractivity contribution in [3.63, 3.8) is 0 Å². The quantitative estimate of drug-likeness (QED) is 0.873. The molecular weight excluding hydrogens is 222 g/mol. The van der Waals surface area contributed by atoms with Gasteiger partial charge in [0, 0.05) is 5.54 Å². The Bertz CT molecular complexity index is 375. The van der Waals surface area contributed by atoms with Crippen LogP contribution in [0, 0.1) is 13.8 Å². The summed E-state index contributed by atoms with van der Waals surface area (Å²) in [6.07, 6.45) is 2.19. The largest absolute Gasteiger partial charge is 0.363 e. The Morgan fingerprint density at radius 1 is 1.19 bits per heavy atom. The number of aryl methyl sites for hydroxylation is 2. The smallest absolute Gasteiger partial charge is 0.171 e. The van der Waals surface area contributed by atoms with Crippen LogP contribution in [-0.4, -0.2) is 15.5 Å². The molecule has 0 unspecified atom stereocenters. The van der Waals surface area contributed by atoms with E-state index in [4.69, 9.17) is 11.6 Å². The third-order valence-electron chi connectivity index (χ3n) is 2.60. The van der Waals surface area contributed by atoms with Crippen molar-refractivity contribution in [1.29, 1.82) is 0 Å². The minimum absolute atomic E-state index is 0.00519. The van der Waals surface area contributed by atoms with E-state index < -0.39 is 0 Å². The first-order chi connectivity index (χ1) is 7.35. The van der Waals surface area contributed by atoms with E-state index in [2.05, 4.69) is 36.1 Å². The molecule has 16 heavy (non-hydrogen) atoms. The second-order valence-corrected chi connectivity index (χ2v) is 5.15. The number of hydrogen-bond donors (Lipinski definition) is 1. The van der Waals surface area contributed by atoms with E-state index in [-0.39, 0.29) is 5.54 Å². The van der Waals surface area contributed by atoms with Gasteiger partial charge in [0.05, 0.1) is 11.4 Å². The summed E-state index contributed by atoms with van der Waals surface area (Å²) in [5.74, 6) is 0.684. The van der Waals surface area contributed by atoms with E-state index in [0.29, 0.717) is 11.0 Å². The Morgan fingerprint density at radius 3 is 2.31 bits per heavy atom. The summed E-state index contributed by atoms with van der Waals surface area (Å²) in [6, 6.07) is 0. The molecule has 90 valence electrons. The topological polar surface area (TPSA) is 37.8 Å². The van der Waals surface area contributed by atoms with Gasteiger partial charge in [-0.15, -0.1) is 0 Å². The molecule has 0 aliphatic heterocycles. The summed E-state index contributed by atoms with van der Waals surface area (Å²) in [5, 5.41) is 3.80. The molecule has 0 spiro atoms. The first-order valence-electron chi connectivity index (χ1n) is 5.64. The van der Waals surface area contributed by atoms with E-state index in [1.807, 2.05) is 13.8 Å². The van der Waals surface area contributed by atoms with Crippen LogP contribution in [0.2, 0.25) is 5.15 Å². The summed E-state index contributed by atoms with van der Waals surface area (Å²) in [7, 11) is 0. The third kappa shape index (κ3) is 3.34. The van der Waals surface area contributed by atoms with Crippen LogP contribution in [0.1, 0.15) is 45.0 Å². The summed E-state index contributed by atoms with van der Waals surface area (Å²) >= 11 is 6.07. The zero-order valence-corrected chi connectivity index (χ0v) is 11.4. The normalized spacial score (nSPS) is 11.6. The SMILES string of the molecule is CCCC(C)(C)Nc1nc(C)c(C)nc1Cl. The minimum Gasteiger partial charge on any atom is -0.363 e. The fourth-order valence-electron chi connectivity index (χ4n) is 1.66. The number of aromatic nitrogens is 2. The molecule has 1 rings (SSSR count). The number of nitrogens with zero attached hydrogens (tertiary/aromatic N) is 2. The average Bonchev–Trinajstić information content (AvgIpc) is 2.13. The Hall–Kier alpha value is -0.830. The molecule has 0 saturated heterocycles. The standard InChI is InChI=1S/C12H20ClN3/c1-6-7-12(4,5)16-11-10(13)14-8(2)9(3)15-11/h6-7H2,1-5H3,(H,15,16). The highest BCUT2D eigenvalue weighted by Crippen LogP contribution is 2.24. The maximum atomic E-state index is 6.07. The molecule has 0 atom stereocenters. The summed E-state index contributed by atoms with van der Waals surface area (Å²) in [6.45, 7) is 10.3. The van der Waals surface area contributed by atoms with Crippen LogP contribution in [0.3, 0.4) is 0 Å². The number of hydrogen-bond acceptors (Lipinski definition) is 3. The van der Waals surface area contributed by atoms with E-state index in [9.17, 15) is 0 Å². The number of rotatable bonds is 4. The Kier molecular flexibility index (Phi) is 4.14. The monoisotopic (exact) mass is 241 g/mol. The molecule has 0 aliphatic rings. The van der Waals surface area contributed by atoms with Crippen molar-refractivity contribution in [1.82, 2.24) is 9.97 Å². The van der Waals surface area contributed by atoms with Gasteiger partial charge < -0.3 is 5.32 Å². The van der Waals surface area contributed by atoms with Crippen LogP contribution in [0.4, 0.5) is 5.82 Å². The maximum absolute atomic E-state index is 6.07. The fourth-order valence-corrected chi connectivity index (χ4v) is 1.88. The first-order valence-corrected chi connectivity index (χ1v) is 6.02. The van der Waals surface area contributed by atoms with E-state index in [0.717, 1.165) is 24.2 Å². The van der Waals surface area contributed by atoms with Gasteiger partial charge in [-0.05, 0) is 34.1 Å². The molecule has 1 aromatic rings. The maximum Gasteiger partial charge on any atom is 0.171 e. The highest BCUT2D eigenvalue weighted by molar-refractivity contribution is 6.31. The van der Waals surface area contributed by atoms with Crippen LogP contribution in [0.15, 0.2) is 0 Å². The van der Waals surface area contributed by atoms with Gasteiger partial charge in [0.25, 0.3) is 0 Å². The number of halogens is 1. The highest BCUT2D eigenvalue weighted by Gasteiger charge is 2.19. The van der Waals surface area contributed by atoms with Gasteiger partial charge in [-0.2, -0.15) is 0 Å². The lowest BCUT2D eigenvalue weighted by Gasteiger charge is -2.27. The third-order valence-corrected chi connectivity index (χ3v) is 2.86. The summed E-state index contributed by atoms with van der Waals surface area (Å²) in [4.78, 5) is 8.69. The number of nitrogens with one attached hydrogen (secondary N) is 1. The predicted molar refractivity (Wildman–Crippen MR) is 69.1 cm³/mol. The molecule has 0 radical (unpaired) electrons. The lowest BCUT2D eigenvalue weighted by molar-refractivity contribution is 0.508. The second kappa shape index (κ2) is 5.00. The molecule has 1 N–H and O–H groups in total. The van der Waals surface area contributed by atoms with Crippen LogP contribution >= 0.6 is 11.6 Å². The first kappa shape index (κ1) is 13.2. The molecular formula is C12H20ClN3. The van der Waals surface area contributed by atoms with Gasteiger partial charge in [0.1, 0.15) is 0 Å². The van der Waals surface area contributed by atoms with Gasteiger partial charge >= 0.3 is 0 Å². The molecule has 0 aromatic carbocycles. The molecule has 1 aromatic heterocycles. The lowest BCUT2D eigenvalue weighted by Crippen LogP contribution is -2.31. The lowest BCUT2D eigenvalue weighted by atomic mass is 9.99. The summed E-state index contributed by atoms with van der Waals surface area (Å²) < 4.78 is 0. The fraction of sp³-hybridized carbons (Fsp3) is 0.667. The molecule has 0 amide bonds. The average molecular weight is 242 g/mol. The van der Waals surface area contributed by atoms with Crippen molar-refractivity contribution in [2.24, 2.45) is 0 Å². The molecule has 0 fully saturated rings. The minimum atomic E-state index is -0.00519. The van der Waals surface area contributed by atoms with Crippen molar-refractivity contribution in [3.05, 3.63) is 16.5 Å². The Balaban J connectivity index is 2.93. The van der Waals surface area contributed by atoms with Crippen LogP contribution in [0.25, 0.3) is 0 Å². The molecule has 0 aliphatic carbocycles. The van der Waals surface area contributed by atoms with E-state index >= 15 is 0 Å². The number of anilines is 1. The zero-order valence-electron chi connectivity index (χ0n) is 10.7. The molecule has 1 heterocycles. The van der Waals surface area contributed by atoms with Gasteiger partial charge in [0.2, 0.25) is 0 Å². The van der Waals surface area contributed by atoms with Gasteiger partial charge in [0.15, 0.2) is 11.0 Å². The summed E-state index contributed by atoms with van der Waals surface area (Å²) in [5.41, 5.74) is 1.79. The zero-order chi connectivity index (χ0) is 12.3. The van der Waals surface area contributed by atoms with Crippen molar-refractivity contribution in [2.45, 2.75) is 53.0 Å². The van der Waals surface area contributed by atoms with Gasteiger partial charge in [-0.3, -0.25) is 0 Å². The predicted octanol–water partition coefficient (Wildman–Crippen LogP) is 3.74. The van der Waals surface area contributed by atoms with E-state index in [1.165, 1.54) is 0 Å². The Labute approximate surface area is 103 Å². The van der Waals surface area contributed by atoms with Crippen molar-refractivity contribution in [3.8, 4) is 0 Å². The van der Waals surface area contributed by atoms with Gasteiger partial charge in [-0.25, -0.2) is 9.97 Å². The van der Waals surface area contributed by atoms with Crippen LogP contribution in [-0.2, 0) is 0 Å². The molecule has 0 saturated carbocycles. The molecule has 4 heteroatoms. The van der Waals surface area contributed by atoms with Crippen molar-refractivity contribution in [2.75, 3.05) is 5.32 Å². The van der Waals surface area contributed by atoms with Crippen LogP contribution < -0.4 is 5.32 Å². The second-order valence-electron chi connectivity index (χ2n) is 4.79. The van der Waals surface area contributed by atoms with Crippen molar-refractivity contribution >= 4 is 17.4 Å². The van der Waals surface area contributed by atoms with Crippen molar-refractivity contribution < 1.29 is 0 Å². The highest BCUT2D eigenvalue weighted by atomic mass is 35.5. The Morgan fingerprint density at radius 2 is 1.75 bits per heavy atom. The van der Waals surface area contributed by atoms with Crippen LogP contribution in [0.5, 0.6) is 0 Å². The van der Waals surface area contributed by atoms with Gasteiger partial charge in [-0.1, -0.05) is 24.9 Å².